The lowest BCUT2D eigenvalue weighted by atomic mass is 9.92. The van der Waals surface area contributed by atoms with E-state index in [9.17, 15) is 8.42 Å². The normalized spacial score (nSPS) is 13.1. The van der Waals surface area contributed by atoms with Crippen LogP contribution in [0.5, 0.6) is 0 Å². The molecule has 0 aliphatic rings. The largest absolute Gasteiger partial charge is 0.265 e. The summed E-state index contributed by atoms with van der Waals surface area (Å²) in [5, 5.41) is 0. The summed E-state index contributed by atoms with van der Waals surface area (Å²) >= 11 is 0. The molecule has 0 spiro atoms. The minimum Gasteiger partial charge on any atom is -0.265 e. The van der Waals surface area contributed by atoms with Crippen LogP contribution in [0.3, 0.4) is 0 Å². The highest BCUT2D eigenvalue weighted by Crippen LogP contribution is 2.20. The van der Waals surface area contributed by atoms with E-state index in [-0.39, 0.29) is 5.92 Å². The van der Waals surface area contributed by atoms with Gasteiger partial charge in [-0.15, -0.1) is 0 Å². The lowest BCUT2D eigenvalue weighted by Crippen LogP contribution is -2.28. The Bertz CT molecular complexity index is 627. The van der Waals surface area contributed by atoms with Gasteiger partial charge in [0.15, 0.2) is 0 Å². The highest BCUT2D eigenvalue weighted by molar-refractivity contribution is 7.88. The van der Waals surface area contributed by atoms with Crippen LogP contribution in [0.1, 0.15) is 17.0 Å². The highest BCUT2D eigenvalue weighted by atomic mass is 32.2. The minimum atomic E-state index is -3.18. The van der Waals surface area contributed by atoms with Crippen molar-refractivity contribution in [3.05, 3.63) is 66.0 Å². The number of hydrogen-bond donors (Lipinski definition) is 1. The summed E-state index contributed by atoms with van der Waals surface area (Å²) in [7, 11) is -3.18. The van der Waals surface area contributed by atoms with E-state index in [1.807, 2.05) is 42.5 Å². The Balaban J connectivity index is 2.16. The molecular weight excluding hydrogens is 272 g/mol. The Kier molecular flexibility index (Phi) is 4.87. The number of benzene rings is 1. The van der Waals surface area contributed by atoms with Crippen molar-refractivity contribution in [1.29, 1.82) is 0 Å². The van der Waals surface area contributed by atoms with Crippen LogP contribution >= 0.6 is 0 Å². The minimum absolute atomic E-state index is 0.105. The van der Waals surface area contributed by atoms with E-state index in [0.717, 1.165) is 17.5 Å². The van der Waals surface area contributed by atoms with E-state index in [1.54, 1.807) is 12.4 Å². The molecule has 5 heteroatoms. The number of hydrogen-bond acceptors (Lipinski definition) is 3. The third-order valence-electron chi connectivity index (χ3n) is 3.09. The van der Waals surface area contributed by atoms with Crippen molar-refractivity contribution >= 4 is 10.0 Å². The molecule has 0 fully saturated rings. The predicted octanol–water partition coefficient (Wildman–Crippen LogP) is 1.96. The van der Waals surface area contributed by atoms with Gasteiger partial charge in [0.25, 0.3) is 0 Å². The standard InChI is InChI=1S/C15H18N2O2S/c1-20(18,19)17-12-15(14-5-3-2-4-6-14)11-13-7-9-16-10-8-13/h2-10,15,17H,11-12H2,1H3. The van der Waals surface area contributed by atoms with Crippen molar-refractivity contribution in [1.82, 2.24) is 9.71 Å². The van der Waals surface area contributed by atoms with Crippen molar-refractivity contribution in [2.24, 2.45) is 0 Å². The second-order valence-corrected chi connectivity index (χ2v) is 6.62. The van der Waals surface area contributed by atoms with Crippen LogP contribution in [0, 0.1) is 0 Å². The molecule has 0 aliphatic heterocycles. The van der Waals surface area contributed by atoms with Crippen LogP contribution in [-0.4, -0.2) is 26.2 Å². The molecule has 2 rings (SSSR count). The highest BCUT2D eigenvalue weighted by Gasteiger charge is 2.14. The van der Waals surface area contributed by atoms with Crippen molar-refractivity contribution in [3.8, 4) is 0 Å². The summed E-state index contributed by atoms with van der Waals surface area (Å²) in [6, 6.07) is 13.8. The monoisotopic (exact) mass is 290 g/mol. The average Bonchev–Trinajstić information content (AvgIpc) is 2.44. The van der Waals surface area contributed by atoms with Gasteiger partial charge in [0.2, 0.25) is 10.0 Å². The molecule has 1 aromatic carbocycles. The Labute approximate surface area is 119 Å². The second-order valence-electron chi connectivity index (χ2n) is 4.79. The molecule has 1 atom stereocenters. The number of sulfonamides is 1. The van der Waals surface area contributed by atoms with Crippen LogP contribution in [0.15, 0.2) is 54.9 Å². The number of nitrogens with one attached hydrogen (secondary N) is 1. The van der Waals surface area contributed by atoms with Crippen molar-refractivity contribution in [2.45, 2.75) is 12.3 Å². The first kappa shape index (κ1) is 14.7. The van der Waals surface area contributed by atoms with Crippen LogP contribution < -0.4 is 4.72 Å². The van der Waals surface area contributed by atoms with Gasteiger partial charge in [0.1, 0.15) is 0 Å². The molecule has 2 aromatic rings. The molecular formula is C15H18N2O2S. The van der Waals surface area contributed by atoms with Gasteiger partial charge in [0.05, 0.1) is 6.26 Å². The molecule has 0 saturated carbocycles. The Morgan fingerprint density at radius 2 is 1.75 bits per heavy atom. The van der Waals surface area contributed by atoms with Gasteiger partial charge in [-0.05, 0) is 29.7 Å². The molecule has 106 valence electrons. The summed E-state index contributed by atoms with van der Waals surface area (Å²) in [6.45, 7) is 0.394. The molecule has 20 heavy (non-hydrogen) atoms. The topological polar surface area (TPSA) is 59.1 Å². The molecule has 0 bridgehead atoms. The molecule has 1 unspecified atom stereocenters. The van der Waals surface area contributed by atoms with Crippen molar-refractivity contribution < 1.29 is 8.42 Å². The molecule has 0 saturated heterocycles. The lowest BCUT2D eigenvalue weighted by molar-refractivity contribution is 0.574. The third-order valence-corrected chi connectivity index (χ3v) is 3.79. The van der Waals surface area contributed by atoms with Crippen molar-refractivity contribution in [3.63, 3.8) is 0 Å². The summed E-state index contributed by atoms with van der Waals surface area (Å²) < 4.78 is 25.2. The van der Waals surface area contributed by atoms with Gasteiger partial charge >= 0.3 is 0 Å². The Hall–Kier alpha value is -1.72. The average molecular weight is 290 g/mol. The van der Waals surface area contributed by atoms with Crippen LogP contribution in [0.2, 0.25) is 0 Å². The molecule has 1 heterocycles. The van der Waals surface area contributed by atoms with E-state index < -0.39 is 10.0 Å². The molecule has 0 aliphatic carbocycles. The summed E-state index contributed by atoms with van der Waals surface area (Å²) in [5.74, 6) is 0.105. The fraction of sp³-hybridized carbons (Fsp3) is 0.267. The maximum atomic E-state index is 11.3. The van der Waals surface area contributed by atoms with Crippen LogP contribution in [0.25, 0.3) is 0 Å². The summed E-state index contributed by atoms with van der Waals surface area (Å²) in [6.07, 6.45) is 5.46. The van der Waals surface area contributed by atoms with Gasteiger partial charge in [-0.2, -0.15) is 0 Å². The first-order valence-corrected chi connectivity index (χ1v) is 8.32. The third kappa shape index (κ3) is 4.75. The lowest BCUT2D eigenvalue weighted by Gasteiger charge is -2.17. The van der Waals surface area contributed by atoms with Gasteiger partial charge < -0.3 is 0 Å². The van der Waals surface area contributed by atoms with Crippen molar-refractivity contribution in [2.75, 3.05) is 12.8 Å². The Morgan fingerprint density at radius 1 is 1.10 bits per heavy atom. The fourth-order valence-electron chi connectivity index (χ4n) is 2.09. The van der Waals surface area contributed by atoms with Gasteiger partial charge in [-0.3, -0.25) is 4.98 Å². The van der Waals surface area contributed by atoms with E-state index in [1.165, 1.54) is 6.26 Å². The maximum Gasteiger partial charge on any atom is 0.208 e. The van der Waals surface area contributed by atoms with E-state index in [4.69, 9.17) is 0 Å². The molecule has 0 amide bonds. The molecule has 4 nitrogen and oxygen atoms in total. The first-order chi connectivity index (χ1) is 9.54. The molecule has 0 radical (unpaired) electrons. The van der Waals surface area contributed by atoms with Gasteiger partial charge in [-0.1, -0.05) is 30.3 Å². The summed E-state index contributed by atoms with van der Waals surface area (Å²) in [5.41, 5.74) is 2.27. The summed E-state index contributed by atoms with van der Waals surface area (Å²) in [4.78, 5) is 4.00. The van der Waals surface area contributed by atoms with Crippen LogP contribution in [0.4, 0.5) is 0 Å². The number of rotatable bonds is 6. The van der Waals surface area contributed by atoms with Crippen LogP contribution in [-0.2, 0) is 16.4 Å². The van der Waals surface area contributed by atoms with Gasteiger partial charge in [0, 0.05) is 24.9 Å². The smallest absolute Gasteiger partial charge is 0.208 e. The van der Waals surface area contributed by atoms with E-state index >= 15 is 0 Å². The zero-order chi connectivity index (χ0) is 14.4. The molecule has 1 N–H and O–H groups in total. The Morgan fingerprint density at radius 3 is 2.35 bits per heavy atom. The fourth-order valence-corrected chi connectivity index (χ4v) is 2.59. The predicted molar refractivity (Wildman–Crippen MR) is 80.0 cm³/mol. The molecule has 1 aromatic heterocycles. The number of aromatic nitrogens is 1. The van der Waals surface area contributed by atoms with E-state index in [2.05, 4.69) is 9.71 Å². The zero-order valence-electron chi connectivity index (χ0n) is 11.4. The zero-order valence-corrected chi connectivity index (χ0v) is 12.2. The first-order valence-electron chi connectivity index (χ1n) is 6.43. The van der Waals surface area contributed by atoms with Gasteiger partial charge in [-0.25, -0.2) is 13.1 Å². The maximum absolute atomic E-state index is 11.3. The number of pyridine rings is 1. The van der Waals surface area contributed by atoms with E-state index in [0.29, 0.717) is 6.54 Å². The SMILES string of the molecule is CS(=O)(=O)NCC(Cc1ccncc1)c1ccccc1. The second kappa shape index (κ2) is 6.63. The number of nitrogens with zero attached hydrogens (tertiary/aromatic N) is 1. The quantitative estimate of drug-likeness (QED) is 0.884.